The van der Waals surface area contributed by atoms with Gasteiger partial charge in [0, 0.05) is 24.0 Å². The first-order valence-corrected chi connectivity index (χ1v) is 6.62. The van der Waals surface area contributed by atoms with Crippen molar-refractivity contribution in [2.75, 3.05) is 11.9 Å². The summed E-state index contributed by atoms with van der Waals surface area (Å²) in [5.74, 6) is 5.61. The fourth-order valence-electron chi connectivity index (χ4n) is 1.95. The Labute approximate surface area is 124 Å². The summed E-state index contributed by atoms with van der Waals surface area (Å²) in [6.45, 7) is 4.12. The lowest BCUT2D eigenvalue weighted by Crippen LogP contribution is -2.13. The molecule has 21 heavy (non-hydrogen) atoms. The predicted octanol–water partition coefficient (Wildman–Crippen LogP) is 1.60. The summed E-state index contributed by atoms with van der Waals surface area (Å²) in [5, 5.41) is 6.97. The number of hydrogen-bond donors (Lipinski definition) is 2. The van der Waals surface area contributed by atoms with Crippen molar-refractivity contribution in [2.45, 2.75) is 13.8 Å². The van der Waals surface area contributed by atoms with Gasteiger partial charge in [0.15, 0.2) is 0 Å². The van der Waals surface area contributed by atoms with E-state index in [1.165, 1.54) is 0 Å². The summed E-state index contributed by atoms with van der Waals surface area (Å²) in [7, 11) is 1.81. The third kappa shape index (κ3) is 3.30. The van der Waals surface area contributed by atoms with Gasteiger partial charge in [-0.25, -0.2) is 0 Å². The number of anilines is 1. The van der Waals surface area contributed by atoms with Gasteiger partial charge in [0.1, 0.15) is 0 Å². The lowest BCUT2D eigenvalue weighted by Gasteiger charge is -2.08. The number of carbonyl (C=O) groups is 1. The van der Waals surface area contributed by atoms with Gasteiger partial charge in [0.2, 0.25) is 0 Å². The van der Waals surface area contributed by atoms with E-state index in [-0.39, 0.29) is 5.91 Å². The molecule has 3 N–H and O–H groups in total. The van der Waals surface area contributed by atoms with Crippen molar-refractivity contribution in [2.24, 2.45) is 12.8 Å². The van der Waals surface area contributed by atoms with E-state index in [0.717, 1.165) is 22.5 Å². The molecule has 0 saturated carbocycles. The molecule has 1 aromatic carbocycles. The number of carbonyl (C=O) groups excluding carboxylic acids is 1. The van der Waals surface area contributed by atoms with Crippen LogP contribution in [0.3, 0.4) is 0 Å². The molecule has 5 heteroatoms. The molecule has 0 spiro atoms. The fraction of sp³-hybridized carbons (Fsp3) is 0.250. The molecule has 0 aliphatic carbocycles. The number of benzene rings is 1. The van der Waals surface area contributed by atoms with Gasteiger partial charge in [-0.15, -0.1) is 0 Å². The Morgan fingerprint density at radius 2 is 2.19 bits per heavy atom. The summed E-state index contributed by atoms with van der Waals surface area (Å²) in [5.41, 5.74) is 9.36. The average Bonchev–Trinajstić information content (AvgIpc) is 2.79. The summed E-state index contributed by atoms with van der Waals surface area (Å²) >= 11 is 0. The molecular formula is C16H18N4O. The molecule has 0 aliphatic rings. The number of aromatic nitrogens is 2. The maximum Gasteiger partial charge on any atom is 0.259 e. The Balaban J connectivity index is 2.20. The molecule has 0 bridgehead atoms. The van der Waals surface area contributed by atoms with E-state index in [9.17, 15) is 4.79 Å². The minimum absolute atomic E-state index is 0.163. The number of amides is 1. The van der Waals surface area contributed by atoms with Crippen molar-refractivity contribution in [3.8, 4) is 11.8 Å². The zero-order valence-electron chi connectivity index (χ0n) is 12.4. The molecule has 0 atom stereocenters. The molecular weight excluding hydrogens is 264 g/mol. The van der Waals surface area contributed by atoms with Crippen LogP contribution in [-0.4, -0.2) is 22.2 Å². The van der Waals surface area contributed by atoms with E-state index in [1.807, 2.05) is 39.1 Å². The van der Waals surface area contributed by atoms with E-state index in [2.05, 4.69) is 22.3 Å². The third-order valence-corrected chi connectivity index (χ3v) is 3.29. The predicted molar refractivity (Wildman–Crippen MR) is 83.0 cm³/mol. The van der Waals surface area contributed by atoms with Gasteiger partial charge in [-0.1, -0.05) is 11.8 Å². The second kappa shape index (κ2) is 6.25. The number of rotatable bonds is 2. The van der Waals surface area contributed by atoms with E-state index in [0.29, 0.717) is 12.1 Å². The van der Waals surface area contributed by atoms with Crippen LogP contribution in [0.5, 0.6) is 0 Å². The Bertz CT molecular complexity index is 734. The van der Waals surface area contributed by atoms with Crippen LogP contribution in [-0.2, 0) is 7.05 Å². The second-order valence-corrected chi connectivity index (χ2v) is 4.76. The van der Waals surface area contributed by atoms with Crippen molar-refractivity contribution in [3.63, 3.8) is 0 Å². The van der Waals surface area contributed by atoms with Gasteiger partial charge in [0.05, 0.1) is 18.3 Å². The molecule has 0 aliphatic heterocycles. The lowest BCUT2D eigenvalue weighted by molar-refractivity contribution is 0.102. The van der Waals surface area contributed by atoms with Crippen LogP contribution in [0.2, 0.25) is 0 Å². The molecule has 1 heterocycles. The third-order valence-electron chi connectivity index (χ3n) is 3.29. The first-order valence-electron chi connectivity index (χ1n) is 6.62. The maximum atomic E-state index is 12.2. The van der Waals surface area contributed by atoms with Crippen LogP contribution in [0.1, 0.15) is 27.2 Å². The van der Waals surface area contributed by atoms with E-state index < -0.39 is 0 Å². The quantitative estimate of drug-likeness (QED) is 0.822. The number of nitrogens with two attached hydrogens (primary N) is 1. The monoisotopic (exact) mass is 282 g/mol. The first-order chi connectivity index (χ1) is 10.0. The summed E-state index contributed by atoms with van der Waals surface area (Å²) < 4.78 is 1.67. The molecule has 2 aromatic rings. The van der Waals surface area contributed by atoms with E-state index in [4.69, 9.17) is 5.73 Å². The highest BCUT2D eigenvalue weighted by Gasteiger charge is 2.13. The molecule has 108 valence electrons. The molecule has 5 nitrogen and oxygen atoms in total. The molecule has 0 unspecified atom stereocenters. The number of nitrogens with one attached hydrogen (secondary N) is 1. The van der Waals surface area contributed by atoms with Crippen LogP contribution in [0.25, 0.3) is 0 Å². The van der Waals surface area contributed by atoms with Crippen molar-refractivity contribution in [1.82, 2.24) is 9.78 Å². The highest BCUT2D eigenvalue weighted by Crippen LogP contribution is 2.18. The van der Waals surface area contributed by atoms with Gasteiger partial charge in [-0.3, -0.25) is 9.48 Å². The Morgan fingerprint density at radius 3 is 2.76 bits per heavy atom. The molecule has 0 saturated heterocycles. The Morgan fingerprint density at radius 1 is 1.43 bits per heavy atom. The average molecular weight is 282 g/mol. The zero-order chi connectivity index (χ0) is 15.4. The number of nitrogens with zero attached hydrogens (tertiary/aromatic N) is 2. The van der Waals surface area contributed by atoms with Gasteiger partial charge >= 0.3 is 0 Å². The van der Waals surface area contributed by atoms with Crippen LogP contribution in [0, 0.1) is 25.7 Å². The van der Waals surface area contributed by atoms with Crippen LogP contribution in [0.4, 0.5) is 5.69 Å². The fourth-order valence-corrected chi connectivity index (χ4v) is 1.95. The molecule has 0 radical (unpaired) electrons. The second-order valence-electron chi connectivity index (χ2n) is 4.76. The van der Waals surface area contributed by atoms with E-state index >= 15 is 0 Å². The van der Waals surface area contributed by atoms with E-state index in [1.54, 1.807) is 10.9 Å². The number of aryl methyl sites for hydroxylation is 2. The molecule has 1 aromatic heterocycles. The largest absolute Gasteiger partial charge is 0.322 e. The minimum atomic E-state index is -0.163. The topological polar surface area (TPSA) is 72.9 Å². The highest BCUT2D eigenvalue weighted by atomic mass is 16.1. The molecule has 0 fully saturated rings. The normalized spacial score (nSPS) is 9.90. The van der Waals surface area contributed by atoms with Gasteiger partial charge < -0.3 is 11.1 Å². The van der Waals surface area contributed by atoms with Gasteiger partial charge in [-0.05, 0) is 37.6 Å². The maximum absolute atomic E-state index is 12.2. The van der Waals surface area contributed by atoms with Crippen molar-refractivity contribution in [1.29, 1.82) is 0 Å². The molecule has 1 amide bonds. The highest BCUT2D eigenvalue weighted by molar-refractivity contribution is 6.05. The van der Waals surface area contributed by atoms with Crippen molar-refractivity contribution in [3.05, 3.63) is 46.8 Å². The zero-order valence-corrected chi connectivity index (χ0v) is 12.4. The first kappa shape index (κ1) is 14.8. The Hall–Kier alpha value is -2.58. The van der Waals surface area contributed by atoms with Crippen LogP contribution < -0.4 is 11.1 Å². The van der Waals surface area contributed by atoms with Crippen LogP contribution in [0.15, 0.2) is 24.4 Å². The SMILES string of the molecule is Cc1cc(C#CCN)ccc1NC(=O)c1cnn(C)c1C. The lowest BCUT2D eigenvalue weighted by atomic mass is 10.1. The Kier molecular flexibility index (Phi) is 4.41. The smallest absolute Gasteiger partial charge is 0.259 e. The van der Waals surface area contributed by atoms with Crippen molar-refractivity contribution >= 4 is 11.6 Å². The summed E-state index contributed by atoms with van der Waals surface area (Å²) in [4.78, 5) is 12.2. The van der Waals surface area contributed by atoms with Gasteiger partial charge in [-0.2, -0.15) is 5.10 Å². The standard InChI is InChI=1S/C16H18N4O/c1-11-9-13(5-4-8-17)6-7-15(11)19-16(21)14-10-18-20(3)12(14)2/h6-7,9-10H,8,17H2,1-3H3,(H,19,21). The summed E-state index contributed by atoms with van der Waals surface area (Å²) in [6.07, 6.45) is 1.57. The van der Waals surface area contributed by atoms with Gasteiger partial charge in [0.25, 0.3) is 5.91 Å². The minimum Gasteiger partial charge on any atom is -0.322 e. The number of hydrogen-bond acceptors (Lipinski definition) is 3. The van der Waals surface area contributed by atoms with Crippen molar-refractivity contribution < 1.29 is 4.79 Å². The van der Waals surface area contributed by atoms with Crippen LogP contribution >= 0.6 is 0 Å². The molecule has 2 rings (SSSR count). The summed E-state index contributed by atoms with van der Waals surface area (Å²) in [6, 6.07) is 5.63.